The Morgan fingerprint density at radius 3 is 2.48 bits per heavy atom. The zero-order valence-electron chi connectivity index (χ0n) is 17.8. The standard InChI is InChI=1S/C23H26F3N3O2/c1-15-10-19(28-9-8-18(14-28)27(2)3)11-17-13-29(22(30)21(15)17)12-16-4-6-20(7-5-16)31-23(24,25)26/h4-7,10-11,13,18,30H,8-9,12,14H2,1-3H3. The number of halogens is 3. The molecule has 3 aromatic rings. The minimum Gasteiger partial charge on any atom is -0.494 e. The number of nitrogens with zero attached hydrogens (tertiary/aromatic N) is 3. The van der Waals surface area contributed by atoms with Crippen molar-refractivity contribution in [2.75, 3.05) is 32.1 Å². The van der Waals surface area contributed by atoms with Crippen LogP contribution in [0.25, 0.3) is 10.8 Å². The largest absolute Gasteiger partial charge is 0.573 e. The smallest absolute Gasteiger partial charge is 0.494 e. The number of aromatic nitrogens is 1. The number of alkyl halides is 3. The van der Waals surface area contributed by atoms with Gasteiger partial charge in [0.15, 0.2) is 5.88 Å². The molecule has 2 aromatic carbocycles. The Bertz CT molecular complexity index is 1070. The van der Waals surface area contributed by atoms with E-state index in [0.717, 1.165) is 47.1 Å². The lowest BCUT2D eigenvalue weighted by Crippen LogP contribution is -2.31. The molecule has 166 valence electrons. The van der Waals surface area contributed by atoms with Crippen LogP contribution < -0.4 is 9.64 Å². The molecule has 0 aliphatic carbocycles. The van der Waals surface area contributed by atoms with Crippen LogP contribution in [0.15, 0.2) is 42.6 Å². The predicted molar refractivity (Wildman–Crippen MR) is 115 cm³/mol. The van der Waals surface area contributed by atoms with E-state index in [1.54, 1.807) is 16.7 Å². The number of aryl methyl sites for hydroxylation is 1. The number of benzene rings is 2. The maximum Gasteiger partial charge on any atom is 0.573 e. The van der Waals surface area contributed by atoms with Gasteiger partial charge < -0.3 is 24.2 Å². The van der Waals surface area contributed by atoms with Crippen molar-refractivity contribution in [2.45, 2.75) is 32.3 Å². The Balaban J connectivity index is 1.57. The van der Waals surface area contributed by atoms with Crippen LogP contribution in [0.5, 0.6) is 11.6 Å². The Labute approximate surface area is 179 Å². The molecule has 5 nitrogen and oxygen atoms in total. The summed E-state index contributed by atoms with van der Waals surface area (Å²) < 4.78 is 42.6. The number of fused-ring (bicyclic) bond motifs is 1. The van der Waals surface area contributed by atoms with Crippen LogP contribution in [-0.2, 0) is 6.54 Å². The van der Waals surface area contributed by atoms with E-state index in [9.17, 15) is 18.3 Å². The lowest BCUT2D eigenvalue weighted by molar-refractivity contribution is -0.274. The summed E-state index contributed by atoms with van der Waals surface area (Å²) in [6.45, 7) is 4.29. The van der Waals surface area contributed by atoms with Gasteiger partial charge in [-0.1, -0.05) is 12.1 Å². The van der Waals surface area contributed by atoms with Gasteiger partial charge in [-0.2, -0.15) is 0 Å². The number of rotatable bonds is 5. The normalized spacial score (nSPS) is 17.1. The van der Waals surface area contributed by atoms with Gasteiger partial charge in [0, 0.05) is 41.8 Å². The molecule has 1 fully saturated rings. The van der Waals surface area contributed by atoms with Crippen molar-refractivity contribution >= 4 is 16.5 Å². The first-order valence-corrected chi connectivity index (χ1v) is 10.2. The molecule has 2 heterocycles. The van der Waals surface area contributed by atoms with Gasteiger partial charge in [-0.3, -0.25) is 0 Å². The molecule has 0 bridgehead atoms. The van der Waals surface area contributed by atoms with Crippen molar-refractivity contribution in [1.29, 1.82) is 0 Å². The summed E-state index contributed by atoms with van der Waals surface area (Å²) in [6, 6.07) is 10.4. The highest BCUT2D eigenvalue weighted by molar-refractivity contribution is 5.93. The van der Waals surface area contributed by atoms with Gasteiger partial charge >= 0.3 is 6.36 Å². The van der Waals surface area contributed by atoms with Crippen molar-refractivity contribution in [3.05, 3.63) is 53.7 Å². The maximum atomic E-state index is 12.3. The molecular weight excluding hydrogens is 407 g/mol. The van der Waals surface area contributed by atoms with E-state index in [1.165, 1.54) is 12.1 Å². The first-order valence-electron chi connectivity index (χ1n) is 10.2. The van der Waals surface area contributed by atoms with Crippen LogP contribution in [0.1, 0.15) is 17.5 Å². The maximum absolute atomic E-state index is 12.3. The molecule has 0 saturated carbocycles. The van der Waals surface area contributed by atoms with Crippen molar-refractivity contribution in [3.8, 4) is 11.6 Å². The second-order valence-electron chi connectivity index (χ2n) is 8.35. The lowest BCUT2D eigenvalue weighted by Gasteiger charge is -2.22. The van der Waals surface area contributed by atoms with Crippen LogP contribution in [0.3, 0.4) is 0 Å². The fourth-order valence-corrected chi connectivity index (χ4v) is 4.27. The molecule has 1 aromatic heterocycles. The highest BCUT2D eigenvalue weighted by atomic mass is 19.4. The number of ether oxygens (including phenoxy) is 1. The van der Waals surface area contributed by atoms with Gasteiger partial charge in [0.1, 0.15) is 5.75 Å². The summed E-state index contributed by atoms with van der Waals surface area (Å²) in [4.78, 5) is 4.61. The van der Waals surface area contributed by atoms with E-state index in [-0.39, 0.29) is 11.6 Å². The highest BCUT2D eigenvalue weighted by Crippen LogP contribution is 2.35. The minimum absolute atomic E-state index is 0.155. The van der Waals surface area contributed by atoms with Gasteiger partial charge in [-0.05, 0) is 62.8 Å². The Morgan fingerprint density at radius 1 is 1.16 bits per heavy atom. The summed E-state index contributed by atoms with van der Waals surface area (Å²) in [5.41, 5.74) is 2.89. The average molecular weight is 433 g/mol. The molecule has 0 radical (unpaired) electrons. The molecule has 0 spiro atoms. The number of likely N-dealkylation sites (N-methyl/N-ethyl adjacent to an activating group) is 1. The highest BCUT2D eigenvalue weighted by Gasteiger charge is 2.31. The second kappa shape index (κ2) is 8.00. The lowest BCUT2D eigenvalue weighted by atomic mass is 10.1. The van der Waals surface area contributed by atoms with E-state index >= 15 is 0 Å². The molecular formula is C23H26F3N3O2. The van der Waals surface area contributed by atoms with Crippen LogP contribution in [0, 0.1) is 6.92 Å². The Hall–Kier alpha value is -2.87. The van der Waals surface area contributed by atoms with Gasteiger partial charge in [-0.15, -0.1) is 13.2 Å². The Kier molecular flexibility index (Phi) is 5.51. The summed E-state index contributed by atoms with van der Waals surface area (Å²) in [5, 5.41) is 12.5. The molecule has 1 saturated heterocycles. The van der Waals surface area contributed by atoms with Crippen LogP contribution in [0.2, 0.25) is 0 Å². The van der Waals surface area contributed by atoms with Crippen LogP contribution >= 0.6 is 0 Å². The van der Waals surface area contributed by atoms with Crippen molar-refractivity contribution in [3.63, 3.8) is 0 Å². The molecule has 0 amide bonds. The Morgan fingerprint density at radius 2 is 1.87 bits per heavy atom. The third-order valence-electron chi connectivity index (χ3n) is 5.91. The van der Waals surface area contributed by atoms with Crippen molar-refractivity contribution in [1.82, 2.24) is 9.47 Å². The first kappa shape index (κ1) is 21.4. The number of anilines is 1. The van der Waals surface area contributed by atoms with Gasteiger partial charge in [0.2, 0.25) is 0 Å². The summed E-state index contributed by atoms with van der Waals surface area (Å²) in [6.07, 6.45) is -1.71. The SMILES string of the molecule is Cc1cc(N2CCC(N(C)C)C2)cc2cn(Cc3ccc(OC(F)(F)F)cc3)c(O)c12. The van der Waals surface area contributed by atoms with E-state index in [2.05, 4.69) is 40.8 Å². The molecule has 31 heavy (non-hydrogen) atoms. The van der Waals surface area contributed by atoms with Gasteiger partial charge in [-0.25, -0.2) is 0 Å². The topological polar surface area (TPSA) is 40.9 Å². The monoisotopic (exact) mass is 433 g/mol. The third kappa shape index (κ3) is 4.58. The van der Waals surface area contributed by atoms with E-state index < -0.39 is 6.36 Å². The quantitative estimate of drug-likeness (QED) is 0.631. The second-order valence-corrected chi connectivity index (χ2v) is 8.35. The first-order chi connectivity index (χ1) is 14.6. The fourth-order valence-electron chi connectivity index (χ4n) is 4.27. The number of hydrogen-bond acceptors (Lipinski definition) is 4. The minimum atomic E-state index is -4.71. The van der Waals surface area contributed by atoms with Gasteiger partial charge in [0.05, 0.1) is 6.54 Å². The van der Waals surface area contributed by atoms with Crippen LogP contribution in [-0.4, -0.2) is 54.2 Å². The summed E-state index contributed by atoms with van der Waals surface area (Å²) in [5.74, 6) is -0.109. The van der Waals surface area contributed by atoms with E-state index in [1.807, 2.05) is 13.1 Å². The van der Waals surface area contributed by atoms with Crippen LogP contribution in [0.4, 0.5) is 18.9 Å². The third-order valence-corrected chi connectivity index (χ3v) is 5.91. The molecule has 1 atom stereocenters. The molecule has 1 aliphatic heterocycles. The molecule has 1 aliphatic rings. The zero-order valence-corrected chi connectivity index (χ0v) is 17.8. The van der Waals surface area contributed by atoms with E-state index in [0.29, 0.717) is 12.6 Å². The van der Waals surface area contributed by atoms with E-state index in [4.69, 9.17) is 0 Å². The fraction of sp³-hybridized carbons (Fsp3) is 0.391. The summed E-state index contributed by atoms with van der Waals surface area (Å²) >= 11 is 0. The number of hydrogen-bond donors (Lipinski definition) is 1. The summed E-state index contributed by atoms with van der Waals surface area (Å²) in [7, 11) is 4.20. The molecule has 8 heteroatoms. The molecule has 4 rings (SSSR count). The predicted octanol–water partition coefficient (Wildman–Crippen LogP) is 4.74. The molecule has 1 unspecified atom stereocenters. The zero-order chi connectivity index (χ0) is 22.3. The number of aromatic hydroxyl groups is 1. The van der Waals surface area contributed by atoms with Crippen molar-refractivity contribution in [2.24, 2.45) is 0 Å². The van der Waals surface area contributed by atoms with Crippen molar-refractivity contribution < 1.29 is 23.0 Å². The van der Waals surface area contributed by atoms with Gasteiger partial charge in [0.25, 0.3) is 0 Å². The molecule has 1 N–H and O–H groups in total. The average Bonchev–Trinajstić information content (AvgIpc) is 3.28.